The second kappa shape index (κ2) is 8.92. The van der Waals surface area contributed by atoms with Crippen molar-refractivity contribution in [2.75, 3.05) is 12.3 Å². The van der Waals surface area contributed by atoms with Crippen LogP contribution in [0.3, 0.4) is 0 Å². The molecule has 35 heavy (non-hydrogen) atoms. The SMILES string of the molecule is CCN(Cc1ncc(C#CC(C)(C)O)cc1F)C(=O)c1cc2c(cc1F)nc(N)c1cnn(C)c12. The maximum Gasteiger partial charge on any atom is 0.257 e. The highest BCUT2D eigenvalue weighted by molar-refractivity contribution is 6.10. The number of nitrogens with zero attached hydrogens (tertiary/aromatic N) is 5. The fourth-order valence-electron chi connectivity index (χ4n) is 3.70. The summed E-state index contributed by atoms with van der Waals surface area (Å²) in [6, 6.07) is 3.77. The van der Waals surface area contributed by atoms with Crippen molar-refractivity contribution in [3.05, 3.63) is 59.0 Å². The Morgan fingerprint density at radius 2 is 1.94 bits per heavy atom. The average Bonchev–Trinajstić information content (AvgIpc) is 3.18. The van der Waals surface area contributed by atoms with Gasteiger partial charge in [0.15, 0.2) is 0 Å². The van der Waals surface area contributed by atoms with E-state index >= 15 is 4.39 Å². The zero-order valence-corrected chi connectivity index (χ0v) is 19.7. The number of pyridine rings is 2. The van der Waals surface area contributed by atoms with Gasteiger partial charge in [-0.25, -0.2) is 13.8 Å². The third-order valence-electron chi connectivity index (χ3n) is 5.47. The second-order valence-corrected chi connectivity index (χ2v) is 8.66. The summed E-state index contributed by atoms with van der Waals surface area (Å²) in [5.41, 5.74) is 5.79. The van der Waals surface area contributed by atoms with Crippen LogP contribution < -0.4 is 5.73 Å². The number of rotatable bonds is 4. The number of aryl methyl sites for hydroxylation is 1. The van der Waals surface area contributed by atoms with Crippen molar-refractivity contribution in [3.8, 4) is 11.8 Å². The van der Waals surface area contributed by atoms with Crippen LogP contribution in [0, 0.1) is 23.5 Å². The van der Waals surface area contributed by atoms with Crippen molar-refractivity contribution in [1.82, 2.24) is 24.6 Å². The molecule has 0 saturated heterocycles. The molecular weight excluding hydrogens is 454 g/mol. The molecule has 3 heterocycles. The number of aliphatic hydroxyl groups is 1. The molecule has 3 N–H and O–H groups in total. The molecule has 4 rings (SSSR count). The van der Waals surface area contributed by atoms with Gasteiger partial charge in [-0.2, -0.15) is 5.10 Å². The number of aromatic nitrogens is 4. The van der Waals surface area contributed by atoms with E-state index in [1.807, 2.05) is 0 Å². The lowest BCUT2D eigenvalue weighted by Gasteiger charge is -2.21. The molecule has 0 aliphatic heterocycles. The van der Waals surface area contributed by atoms with E-state index < -0.39 is 23.1 Å². The number of fused-ring (bicyclic) bond motifs is 3. The van der Waals surface area contributed by atoms with Gasteiger partial charge in [0.25, 0.3) is 5.91 Å². The number of hydrogen-bond donors (Lipinski definition) is 2. The van der Waals surface area contributed by atoms with Crippen molar-refractivity contribution in [2.45, 2.75) is 32.9 Å². The lowest BCUT2D eigenvalue weighted by atomic mass is 10.1. The smallest absolute Gasteiger partial charge is 0.257 e. The number of hydrogen-bond acceptors (Lipinski definition) is 6. The summed E-state index contributed by atoms with van der Waals surface area (Å²) in [5.74, 6) is 3.42. The number of anilines is 1. The van der Waals surface area contributed by atoms with Crippen LogP contribution in [0.1, 0.15) is 42.4 Å². The highest BCUT2D eigenvalue weighted by Gasteiger charge is 2.23. The number of nitrogens with two attached hydrogens (primary N) is 1. The number of nitrogen functional groups attached to an aromatic ring is 1. The number of benzene rings is 1. The minimum absolute atomic E-state index is 0.0127. The molecular formula is C25H24F2N6O2. The summed E-state index contributed by atoms with van der Waals surface area (Å²) in [4.78, 5) is 22.9. The maximum atomic E-state index is 15.0. The quantitative estimate of drug-likeness (QED) is 0.436. The summed E-state index contributed by atoms with van der Waals surface area (Å²) >= 11 is 0. The molecule has 3 aromatic heterocycles. The zero-order chi connectivity index (χ0) is 25.5. The Morgan fingerprint density at radius 3 is 2.60 bits per heavy atom. The highest BCUT2D eigenvalue weighted by atomic mass is 19.1. The third kappa shape index (κ3) is 4.76. The third-order valence-corrected chi connectivity index (χ3v) is 5.47. The largest absolute Gasteiger partial charge is 0.383 e. The van der Waals surface area contributed by atoms with Gasteiger partial charge in [-0.1, -0.05) is 11.8 Å². The summed E-state index contributed by atoms with van der Waals surface area (Å²) in [6.45, 7) is 4.76. The van der Waals surface area contributed by atoms with Crippen LogP contribution in [0.4, 0.5) is 14.6 Å². The summed E-state index contributed by atoms with van der Waals surface area (Å²) < 4.78 is 31.3. The first kappa shape index (κ1) is 24.0. The standard InChI is InChI=1S/C25H24F2N6O2/c1-5-33(13-21-19(27)8-14(11-29-21)6-7-25(2,3)35)24(34)15-9-16-20(10-18(15)26)31-23(28)17-12-30-32(4)22(16)17/h8-12,35H,5,13H2,1-4H3,(H2,28,31). The Balaban J connectivity index is 1.68. The van der Waals surface area contributed by atoms with E-state index in [2.05, 4.69) is 26.9 Å². The first-order chi connectivity index (χ1) is 16.5. The normalized spacial score (nSPS) is 11.5. The van der Waals surface area contributed by atoms with Gasteiger partial charge in [-0.05, 0) is 32.9 Å². The molecule has 4 aromatic rings. The van der Waals surface area contributed by atoms with E-state index in [0.29, 0.717) is 21.8 Å². The highest BCUT2D eigenvalue weighted by Crippen LogP contribution is 2.30. The van der Waals surface area contributed by atoms with Gasteiger partial charge < -0.3 is 15.7 Å². The monoisotopic (exact) mass is 478 g/mol. The van der Waals surface area contributed by atoms with Gasteiger partial charge in [-0.15, -0.1) is 0 Å². The lowest BCUT2D eigenvalue weighted by molar-refractivity contribution is 0.0744. The fourth-order valence-corrected chi connectivity index (χ4v) is 3.70. The molecule has 0 saturated carbocycles. The molecule has 0 aliphatic rings. The Hall–Kier alpha value is -4.10. The zero-order valence-electron chi connectivity index (χ0n) is 19.7. The lowest BCUT2D eigenvalue weighted by Crippen LogP contribution is -2.31. The van der Waals surface area contributed by atoms with E-state index in [-0.39, 0.29) is 35.7 Å². The second-order valence-electron chi connectivity index (χ2n) is 8.66. The van der Waals surface area contributed by atoms with Crippen molar-refractivity contribution < 1.29 is 18.7 Å². The molecule has 8 nitrogen and oxygen atoms in total. The van der Waals surface area contributed by atoms with Crippen LogP contribution in [0.25, 0.3) is 21.8 Å². The van der Waals surface area contributed by atoms with Gasteiger partial charge in [0, 0.05) is 36.8 Å². The van der Waals surface area contributed by atoms with E-state index in [1.165, 1.54) is 37.1 Å². The van der Waals surface area contributed by atoms with Crippen molar-refractivity contribution in [3.63, 3.8) is 0 Å². The number of halogens is 2. The van der Waals surface area contributed by atoms with Gasteiger partial charge in [0.05, 0.1) is 40.4 Å². The summed E-state index contributed by atoms with van der Waals surface area (Å²) in [5, 5.41) is 15.0. The van der Waals surface area contributed by atoms with E-state index in [9.17, 15) is 14.3 Å². The van der Waals surface area contributed by atoms with E-state index in [1.54, 1.807) is 24.9 Å². The number of carbonyl (C=O) groups excluding carboxylic acids is 1. The Labute approximate surface area is 200 Å². The van der Waals surface area contributed by atoms with E-state index in [0.717, 1.165) is 6.07 Å². The molecule has 0 aliphatic carbocycles. The predicted molar refractivity (Wildman–Crippen MR) is 128 cm³/mol. The molecule has 0 fully saturated rings. The molecule has 0 atom stereocenters. The average molecular weight is 479 g/mol. The first-order valence-corrected chi connectivity index (χ1v) is 10.9. The van der Waals surface area contributed by atoms with Crippen LogP contribution in [-0.2, 0) is 13.6 Å². The van der Waals surface area contributed by atoms with Crippen LogP contribution in [0.2, 0.25) is 0 Å². The van der Waals surface area contributed by atoms with Crippen molar-refractivity contribution >= 4 is 33.5 Å². The summed E-state index contributed by atoms with van der Waals surface area (Å²) in [6.07, 6.45) is 2.92. The Kier molecular flexibility index (Phi) is 6.13. The molecule has 180 valence electrons. The molecule has 1 amide bonds. The van der Waals surface area contributed by atoms with Gasteiger partial charge in [0.1, 0.15) is 23.1 Å². The number of carbonyl (C=O) groups is 1. The predicted octanol–water partition coefficient (Wildman–Crippen LogP) is 3.16. The van der Waals surface area contributed by atoms with Gasteiger partial charge in [-0.3, -0.25) is 14.5 Å². The van der Waals surface area contributed by atoms with Crippen LogP contribution in [-0.4, -0.2) is 47.8 Å². The Morgan fingerprint density at radius 1 is 1.20 bits per heavy atom. The van der Waals surface area contributed by atoms with E-state index in [4.69, 9.17) is 5.73 Å². The topological polar surface area (TPSA) is 110 Å². The van der Waals surface area contributed by atoms with Crippen molar-refractivity contribution in [2.24, 2.45) is 7.05 Å². The minimum atomic E-state index is -1.23. The minimum Gasteiger partial charge on any atom is -0.383 e. The fraction of sp³-hybridized carbons (Fsp3) is 0.280. The first-order valence-electron chi connectivity index (χ1n) is 10.9. The molecule has 10 heteroatoms. The molecule has 0 spiro atoms. The molecule has 0 bridgehead atoms. The maximum absolute atomic E-state index is 15.0. The van der Waals surface area contributed by atoms with Gasteiger partial charge in [0.2, 0.25) is 0 Å². The van der Waals surface area contributed by atoms with Gasteiger partial charge >= 0.3 is 0 Å². The van der Waals surface area contributed by atoms with Crippen LogP contribution >= 0.6 is 0 Å². The Bertz CT molecular complexity index is 1530. The molecule has 0 radical (unpaired) electrons. The summed E-state index contributed by atoms with van der Waals surface area (Å²) in [7, 11) is 1.72. The number of amides is 1. The van der Waals surface area contributed by atoms with Crippen LogP contribution in [0.5, 0.6) is 0 Å². The molecule has 1 aromatic carbocycles. The van der Waals surface area contributed by atoms with Crippen molar-refractivity contribution in [1.29, 1.82) is 0 Å². The molecule has 0 unspecified atom stereocenters. The van der Waals surface area contributed by atoms with Crippen LogP contribution in [0.15, 0.2) is 30.6 Å².